The molecule has 0 amide bonds. The molecular formula is C9H22O5SSi2. The van der Waals surface area contributed by atoms with E-state index < -0.39 is 36.6 Å². The monoisotopic (exact) mass is 298 g/mol. The second kappa shape index (κ2) is 4.49. The van der Waals surface area contributed by atoms with Gasteiger partial charge in [0.25, 0.3) is 10.1 Å². The van der Waals surface area contributed by atoms with Gasteiger partial charge in [-0.3, -0.25) is 9.35 Å². The molecule has 1 unspecified atom stereocenters. The molecule has 0 aromatic carbocycles. The summed E-state index contributed by atoms with van der Waals surface area (Å²) in [4.78, 5) is 11.5. The second-order valence-electron chi connectivity index (χ2n) is 6.59. The average Bonchev–Trinajstić information content (AvgIpc) is 1.92. The Morgan fingerprint density at radius 3 is 1.53 bits per heavy atom. The summed E-state index contributed by atoms with van der Waals surface area (Å²) in [6, 6.07) is 0.0455. The summed E-state index contributed by atoms with van der Waals surface area (Å²) in [6.45, 7) is 10.7. The van der Waals surface area contributed by atoms with Crippen molar-refractivity contribution in [3.63, 3.8) is 0 Å². The maximum absolute atomic E-state index is 11.7. The molecule has 0 aliphatic rings. The first-order chi connectivity index (χ1) is 7.15. The summed E-state index contributed by atoms with van der Waals surface area (Å²) in [7, 11) is -9.23. The van der Waals surface area contributed by atoms with Gasteiger partial charge in [-0.25, -0.2) is 0 Å². The van der Waals surface area contributed by atoms with Crippen LogP contribution in [0.5, 0.6) is 0 Å². The minimum absolute atomic E-state index is 0.0455. The Labute approximate surface area is 105 Å². The molecule has 0 aromatic heterocycles. The van der Waals surface area contributed by atoms with Gasteiger partial charge in [0.1, 0.15) is 0 Å². The number of hydrogen-bond acceptors (Lipinski definition) is 3. The van der Waals surface area contributed by atoms with Crippen molar-refractivity contribution in [1.82, 2.24) is 0 Å². The molecule has 0 aromatic rings. The van der Waals surface area contributed by atoms with Crippen molar-refractivity contribution in [3.8, 4) is 0 Å². The van der Waals surface area contributed by atoms with Crippen molar-refractivity contribution in [1.29, 1.82) is 0 Å². The van der Waals surface area contributed by atoms with E-state index in [0.29, 0.717) is 0 Å². The molecule has 5 nitrogen and oxygen atoms in total. The lowest BCUT2D eigenvalue weighted by molar-refractivity contribution is -0.137. The molecular weight excluding hydrogens is 276 g/mol. The van der Waals surface area contributed by atoms with Gasteiger partial charge >= 0.3 is 5.97 Å². The highest BCUT2D eigenvalue weighted by Gasteiger charge is 2.61. The fraction of sp³-hybridized carbons (Fsp3) is 0.889. The van der Waals surface area contributed by atoms with Crippen molar-refractivity contribution < 1.29 is 22.9 Å². The number of carboxylic acid groups (broad SMARTS) is 1. The smallest absolute Gasteiger partial charge is 0.324 e. The molecule has 0 saturated heterocycles. The standard InChI is InChI=1S/C9H22O5SSi2/c1-16(2,3)7-9(8(10)11,15(12,13)14)17(4,5)6/h7H2,1-6H3,(H,10,11)(H,12,13,14). The van der Waals surface area contributed by atoms with Crippen LogP contribution in [0.15, 0.2) is 0 Å². The van der Waals surface area contributed by atoms with E-state index in [1.54, 1.807) is 19.6 Å². The Morgan fingerprint density at radius 2 is 1.47 bits per heavy atom. The molecule has 1 atom stereocenters. The number of carbonyl (C=O) groups is 1. The van der Waals surface area contributed by atoms with E-state index in [2.05, 4.69) is 0 Å². The molecule has 0 fully saturated rings. The van der Waals surface area contributed by atoms with Gasteiger partial charge in [-0.15, -0.1) is 0 Å². The van der Waals surface area contributed by atoms with Gasteiger partial charge in [-0.1, -0.05) is 39.3 Å². The fourth-order valence-electron chi connectivity index (χ4n) is 2.00. The molecule has 0 radical (unpaired) electrons. The lowest BCUT2D eigenvalue weighted by Gasteiger charge is -2.40. The molecule has 0 rings (SSSR count). The summed E-state index contributed by atoms with van der Waals surface area (Å²) in [5, 5.41) is 9.38. The van der Waals surface area contributed by atoms with Gasteiger partial charge in [-0.05, 0) is 6.04 Å². The normalized spacial score (nSPS) is 17.6. The zero-order chi connectivity index (χ0) is 14.3. The van der Waals surface area contributed by atoms with E-state index in [0.717, 1.165) is 0 Å². The number of rotatable bonds is 5. The van der Waals surface area contributed by atoms with Crippen LogP contribution < -0.4 is 0 Å². The molecule has 0 heterocycles. The molecule has 2 N–H and O–H groups in total. The Kier molecular flexibility index (Phi) is 4.44. The maximum Gasteiger partial charge on any atom is 0.324 e. The van der Waals surface area contributed by atoms with Crippen LogP contribution in [0.1, 0.15) is 0 Å². The third-order valence-corrected chi connectivity index (χ3v) is 11.6. The molecule has 102 valence electrons. The van der Waals surface area contributed by atoms with Gasteiger partial charge in [-0.2, -0.15) is 8.42 Å². The van der Waals surface area contributed by atoms with Crippen LogP contribution in [0.3, 0.4) is 0 Å². The molecule has 8 heteroatoms. The summed E-state index contributed by atoms with van der Waals surface area (Å²) in [5.41, 5.74) is 0. The minimum atomic E-state index is -4.62. The fourth-order valence-corrected chi connectivity index (χ4v) is 13.3. The summed E-state index contributed by atoms with van der Waals surface area (Å²) in [5.74, 6) is -1.42. The van der Waals surface area contributed by atoms with E-state index >= 15 is 0 Å². The van der Waals surface area contributed by atoms with Gasteiger partial charge in [0.15, 0.2) is 4.37 Å². The van der Waals surface area contributed by atoms with E-state index in [1.165, 1.54) is 0 Å². The van der Waals surface area contributed by atoms with Crippen LogP contribution in [0.4, 0.5) is 0 Å². The minimum Gasteiger partial charge on any atom is -0.480 e. The molecule has 0 aliphatic heterocycles. The first-order valence-electron chi connectivity index (χ1n) is 5.35. The van der Waals surface area contributed by atoms with Crippen LogP contribution >= 0.6 is 0 Å². The van der Waals surface area contributed by atoms with Crippen molar-refractivity contribution in [3.05, 3.63) is 0 Å². The third kappa shape index (κ3) is 3.39. The summed E-state index contributed by atoms with van der Waals surface area (Å²) >= 11 is 0. The predicted molar refractivity (Wildman–Crippen MR) is 73.4 cm³/mol. The van der Waals surface area contributed by atoms with Crippen molar-refractivity contribution >= 4 is 32.2 Å². The zero-order valence-corrected chi connectivity index (χ0v) is 14.1. The van der Waals surface area contributed by atoms with E-state index in [4.69, 9.17) is 0 Å². The van der Waals surface area contributed by atoms with Crippen LogP contribution in [0.2, 0.25) is 45.3 Å². The van der Waals surface area contributed by atoms with Crippen LogP contribution in [-0.2, 0) is 14.9 Å². The van der Waals surface area contributed by atoms with Crippen molar-refractivity contribution in [2.24, 2.45) is 0 Å². The van der Waals surface area contributed by atoms with Crippen LogP contribution in [-0.4, -0.2) is 44.6 Å². The molecule has 0 bridgehead atoms. The van der Waals surface area contributed by atoms with Crippen molar-refractivity contribution in [2.45, 2.75) is 49.7 Å². The number of aliphatic carboxylic acids is 1. The van der Waals surface area contributed by atoms with Gasteiger partial charge in [0.05, 0.1) is 8.07 Å². The SMILES string of the molecule is C[Si](C)(C)CC(C(=O)O)([Si](C)(C)C)S(=O)(=O)O. The topological polar surface area (TPSA) is 91.7 Å². The van der Waals surface area contributed by atoms with E-state index in [-0.39, 0.29) is 6.04 Å². The quantitative estimate of drug-likeness (QED) is 0.597. The highest BCUT2D eigenvalue weighted by molar-refractivity contribution is 7.90. The average molecular weight is 299 g/mol. The highest BCUT2D eigenvalue weighted by Crippen LogP contribution is 2.37. The summed E-state index contributed by atoms with van der Waals surface area (Å²) < 4.78 is 30.8. The largest absolute Gasteiger partial charge is 0.480 e. The highest BCUT2D eigenvalue weighted by atomic mass is 32.2. The van der Waals surface area contributed by atoms with Gasteiger partial charge in [0.2, 0.25) is 0 Å². The second-order valence-corrected chi connectivity index (χ2v) is 19.4. The Balaban J connectivity index is 6.08. The Morgan fingerprint density at radius 1 is 1.12 bits per heavy atom. The van der Waals surface area contributed by atoms with Crippen LogP contribution in [0.25, 0.3) is 0 Å². The van der Waals surface area contributed by atoms with E-state index in [1.807, 2.05) is 19.6 Å². The lowest BCUT2D eigenvalue weighted by atomic mass is 10.5. The number of carboxylic acids is 1. The van der Waals surface area contributed by atoms with Crippen LogP contribution in [0, 0.1) is 0 Å². The molecule has 17 heavy (non-hydrogen) atoms. The molecule has 0 aliphatic carbocycles. The third-order valence-electron chi connectivity index (χ3n) is 2.78. The Bertz CT molecular complexity index is 404. The maximum atomic E-state index is 11.7. The number of hydrogen-bond donors (Lipinski definition) is 2. The lowest BCUT2D eigenvalue weighted by Crippen LogP contribution is -2.65. The summed E-state index contributed by atoms with van der Waals surface area (Å²) in [6.07, 6.45) is 0. The van der Waals surface area contributed by atoms with Gasteiger partial charge < -0.3 is 5.11 Å². The van der Waals surface area contributed by atoms with Crippen molar-refractivity contribution in [2.75, 3.05) is 0 Å². The van der Waals surface area contributed by atoms with Gasteiger partial charge in [0, 0.05) is 8.07 Å². The Hall–Kier alpha value is -0.186. The first kappa shape index (κ1) is 16.8. The predicted octanol–water partition coefficient (Wildman–Crippen LogP) is 1.91. The molecule has 0 spiro atoms. The zero-order valence-electron chi connectivity index (χ0n) is 11.2. The first-order valence-corrected chi connectivity index (χ1v) is 14.0. The van der Waals surface area contributed by atoms with E-state index in [9.17, 15) is 22.9 Å². The molecule has 0 saturated carbocycles.